The molecule has 2 fully saturated rings. The fraction of sp³-hybridized carbons (Fsp3) is 0.824. The Labute approximate surface area is 149 Å². The van der Waals surface area contributed by atoms with Gasteiger partial charge in [-0.2, -0.15) is 0 Å². The van der Waals surface area contributed by atoms with Crippen molar-refractivity contribution >= 4 is 5.96 Å². The first-order valence-corrected chi connectivity index (χ1v) is 9.47. The van der Waals surface area contributed by atoms with Crippen LogP contribution in [-0.4, -0.2) is 65.8 Å². The summed E-state index contributed by atoms with van der Waals surface area (Å²) >= 11 is 0. The first-order chi connectivity index (χ1) is 12.3. The molecule has 3 rings (SSSR count). The first-order valence-electron chi connectivity index (χ1n) is 9.47. The molecule has 0 radical (unpaired) electrons. The van der Waals surface area contributed by atoms with E-state index in [0.717, 1.165) is 76.7 Å². The highest BCUT2D eigenvalue weighted by Gasteiger charge is 2.17. The number of nitrogens with zero attached hydrogens (tertiary/aromatic N) is 4. The Kier molecular flexibility index (Phi) is 7.05. The summed E-state index contributed by atoms with van der Waals surface area (Å²) in [7, 11) is 0. The van der Waals surface area contributed by atoms with Gasteiger partial charge in [0.2, 0.25) is 0 Å². The lowest BCUT2D eigenvalue weighted by molar-refractivity contribution is 0.113. The Morgan fingerprint density at radius 2 is 2.04 bits per heavy atom. The minimum Gasteiger partial charge on any atom is -0.376 e. The lowest BCUT2D eigenvalue weighted by Crippen LogP contribution is -2.42. The molecule has 8 heteroatoms. The number of aliphatic imine (C=N–C) groups is 1. The van der Waals surface area contributed by atoms with Gasteiger partial charge in [-0.15, -0.1) is 10.2 Å². The van der Waals surface area contributed by atoms with E-state index in [1.54, 1.807) is 6.33 Å². The van der Waals surface area contributed by atoms with Crippen LogP contribution in [0.2, 0.25) is 0 Å². The standard InChI is InChI=1S/C17H30N6O2/c1-2-16-22-21-13-23(16)8-7-18-17(19-11-14-5-3-9-24-14)20-12-15-6-4-10-25-15/h13-15H,2-12H2,1H3,(H2,18,19,20). The van der Waals surface area contributed by atoms with Crippen LogP contribution in [0.3, 0.4) is 0 Å². The van der Waals surface area contributed by atoms with E-state index >= 15 is 0 Å². The number of aromatic nitrogens is 3. The summed E-state index contributed by atoms with van der Waals surface area (Å²) in [6, 6.07) is 0. The molecule has 0 saturated carbocycles. The van der Waals surface area contributed by atoms with Crippen molar-refractivity contribution in [2.75, 3.05) is 32.8 Å². The van der Waals surface area contributed by atoms with Gasteiger partial charge in [0.1, 0.15) is 12.2 Å². The number of guanidine groups is 1. The molecule has 0 spiro atoms. The highest BCUT2D eigenvalue weighted by atomic mass is 16.5. The molecule has 140 valence electrons. The average Bonchev–Trinajstić information content (AvgIpc) is 3.39. The fourth-order valence-corrected chi connectivity index (χ4v) is 3.21. The van der Waals surface area contributed by atoms with Crippen molar-refractivity contribution in [2.45, 2.75) is 57.8 Å². The van der Waals surface area contributed by atoms with Gasteiger partial charge < -0.3 is 24.7 Å². The molecule has 1 aromatic heterocycles. The van der Waals surface area contributed by atoms with E-state index in [4.69, 9.17) is 14.5 Å². The number of rotatable bonds is 8. The van der Waals surface area contributed by atoms with Gasteiger partial charge in [-0.25, -0.2) is 0 Å². The summed E-state index contributed by atoms with van der Waals surface area (Å²) in [5.74, 6) is 1.84. The van der Waals surface area contributed by atoms with Crippen molar-refractivity contribution in [3.8, 4) is 0 Å². The highest BCUT2D eigenvalue weighted by molar-refractivity contribution is 5.79. The molecule has 0 amide bonds. The maximum atomic E-state index is 5.68. The van der Waals surface area contributed by atoms with Crippen molar-refractivity contribution in [3.05, 3.63) is 12.2 Å². The summed E-state index contributed by atoms with van der Waals surface area (Å²) in [6.07, 6.45) is 7.72. The molecule has 2 saturated heterocycles. The second kappa shape index (κ2) is 9.72. The SMILES string of the molecule is CCc1nncn1CCNC(=NCC1CCCO1)NCC1CCCO1. The van der Waals surface area contributed by atoms with Crippen LogP contribution in [0.5, 0.6) is 0 Å². The van der Waals surface area contributed by atoms with Gasteiger partial charge in [0, 0.05) is 39.3 Å². The van der Waals surface area contributed by atoms with Crippen molar-refractivity contribution in [1.29, 1.82) is 0 Å². The zero-order valence-corrected chi connectivity index (χ0v) is 15.1. The normalized spacial score (nSPS) is 24.0. The molecular formula is C17H30N6O2. The predicted octanol–water partition coefficient (Wildman–Crippen LogP) is 0.734. The lowest BCUT2D eigenvalue weighted by Gasteiger charge is -2.17. The highest BCUT2D eigenvalue weighted by Crippen LogP contribution is 2.12. The third kappa shape index (κ3) is 5.67. The number of nitrogens with one attached hydrogen (secondary N) is 2. The maximum absolute atomic E-state index is 5.68. The number of aryl methyl sites for hydroxylation is 1. The Hall–Kier alpha value is -1.67. The smallest absolute Gasteiger partial charge is 0.191 e. The first kappa shape index (κ1) is 18.1. The Morgan fingerprint density at radius 3 is 2.76 bits per heavy atom. The van der Waals surface area contributed by atoms with E-state index in [0.29, 0.717) is 12.6 Å². The third-order valence-electron chi connectivity index (χ3n) is 4.66. The Bertz CT molecular complexity index is 535. The molecule has 2 N–H and O–H groups in total. The van der Waals surface area contributed by atoms with Crippen molar-refractivity contribution in [2.24, 2.45) is 4.99 Å². The van der Waals surface area contributed by atoms with Crippen LogP contribution in [0.1, 0.15) is 38.4 Å². The zero-order valence-electron chi connectivity index (χ0n) is 15.1. The molecule has 2 unspecified atom stereocenters. The maximum Gasteiger partial charge on any atom is 0.191 e. The zero-order chi connectivity index (χ0) is 17.3. The lowest BCUT2D eigenvalue weighted by atomic mass is 10.2. The van der Waals surface area contributed by atoms with Crippen molar-refractivity contribution in [1.82, 2.24) is 25.4 Å². The molecular weight excluding hydrogens is 320 g/mol. The van der Waals surface area contributed by atoms with Gasteiger partial charge in [0.05, 0.1) is 18.8 Å². The van der Waals surface area contributed by atoms with Crippen LogP contribution >= 0.6 is 0 Å². The molecule has 8 nitrogen and oxygen atoms in total. The summed E-state index contributed by atoms with van der Waals surface area (Å²) in [5, 5.41) is 14.9. The third-order valence-corrected chi connectivity index (χ3v) is 4.66. The summed E-state index contributed by atoms with van der Waals surface area (Å²) in [6.45, 7) is 6.91. The van der Waals surface area contributed by atoms with E-state index in [9.17, 15) is 0 Å². The predicted molar refractivity (Wildman–Crippen MR) is 95.7 cm³/mol. The Morgan fingerprint density at radius 1 is 1.24 bits per heavy atom. The van der Waals surface area contributed by atoms with Crippen LogP contribution in [0, 0.1) is 0 Å². The van der Waals surface area contributed by atoms with Gasteiger partial charge in [0.15, 0.2) is 5.96 Å². The van der Waals surface area contributed by atoms with E-state index < -0.39 is 0 Å². The van der Waals surface area contributed by atoms with Gasteiger partial charge in [0.25, 0.3) is 0 Å². The minimum atomic E-state index is 0.255. The molecule has 1 aromatic rings. The summed E-state index contributed by atoms with van der Waals surface area (Å²) < 4.78 is 13.4. The second-order valence-corrected chi connectivity index (χ2v) is 6.56. The van der Waals surface area contributed by atoms with Gasteiger partial charge >= 0.3 is 0 Å². The van der Waals surface area contributed by atoms with Gasteiger partial charge in [-0.1, -0.05) is 6.92 Å². The topological polar surface area (TPSA) is 85.6 Å². The van der Waals surface area contributed by atoms with Crippen LogP contribution in [0.25, 0.3) is 0 Å². The molecule has 2 atom stereocenters. The molecule has 0 bridgehead atoms. The molecule has 3 heterocycles. The van der Waals surface area contributed by atoms with E-state index in [2.05, 4.69) is 32.3 Å². The molecule has 0 aromatic carbocycles. The molecule has 25 heavy (non-hydrogen) atoms. The molecule has 0 aliphatic carbocycles. The minimum absolute atomic E-state index is 0.255. The van der Waals surface area contributed by atoms with Crippen molar-refractivity contribution < 1.29 is 9.47 Å². The van der Waals surface area contributed by atoms with E-state index in [-0.39, 0.29) is 6.10 Å². The summed E-state index contributed by atoms with van der Waals surface area (Å²) in [5.41, 5.74) is 0. The van der Waals surface area contributed by atoms with Crippen LogP contribution in [0.4, 0.5) is 0 Å². The molecule has 2 aliphatic rings. The number of ether oxygens (including phenoxy) is 2. The van der Waals surface area contributed by atoms with Crippen LogP contribution in [0.15, 0.2) is 11.3 Å². The van der Waals surface area contributed by atoms with Crippen LogP contribution in [-0.2, 0) is 22.4 Å². The quantitative estimate of drug-likeness (QED) is 0.531. The number of hydrogen-bond acceptors (Lipinski definition) is 5. The largest absolute Gasteiger partial charge is 0.376 e. The molecule has 2 aliphatic heterocycles. The van der Waals surface area contributed by atoms with Gasteiger partial charge in [-0.05, 0) is 25.7 Å². The monoisotopic (exact) mass is 350 g/mol. The average molecular weight is 350 g/mol. The second-order valence-electron chi connectivity index (χ2n) is 6.56. The van der Waals surface area contributed by atoms with E-state index in [1.807, 2.05) is 0 Å². The van der Waals surface area contributed by atoms with Crippen molar-refractivity contribution in [3.63, 3.8) is 0 Å². The van der Waals surface area contributed by atoms with Gasteiger partial charge in [-0.3, -0.25) is 4.99 Å². The summed E-state index contributed by atoms with van der Waals surface area (Å²) in [4.78, 5) is 4.70. The van der Waals surface area contributed by atoms with Crippen LogP contribution < -0.4 is 10.6 Å². The number of hydrogen-bond donors (Lipinski definition) is 2. The van der Waals surface area contributed by atoms with E-state index in [1.165, 1.54) is 0 Å². The Balaban J connectivity index is 1.48. The fourth-order valence-electron chi connectivity index (χ4n) is 3.21.